The molecular formula is C23H26ClN3O. The number of hydrogen-bond donors (Lipinski definition) is 2. The molecule has 28 heavy (non-hydrogen) atoms. The van der Waals surface area contributed by atoms with Crippen LogP contribution >= 0.6 is 11.6 Å². The summed E-state index contributed by atoms with van der Waals surface area (Å²) in [6.07, 6.45) is 12.3. The van der Waals surface area contributed by atoms with Crippen LogP contribution in [0.4, 0.5) is 0 Å². The summed E-state index contributed by atoms with van der Waals surface area (Å²) in [6, 6.07) is 9.80. The molecule has 4 rings (SSSR count). The lowest BCUT2D eigenvalue weighted by atomic mass is 9.75. The van der Waals surface area contributed by atoms with Crippen molar-refractivity contribution in [2.45, 2.75) is 51.0 Å². The number of nitrogens with one attached hydrogen (secondary N) is 2. The van der Waals surface area contributed by atoms with Crippen LogP contribution in [0.1, 0.15) is 55.6 Å². The number of carbonyl (C=O) groups is 1. The van der Waals surface area contributed by atoms with Gasteiger partial charge in [0.05, 0.1) is 0 Å². The largest absolute Gasteiger partial charge is 0.361 e. The highest BCUT2D eigenvalue weighted by molar-refractivity contribution is 6.31. The fourth-order valence-corrected chi connectivity index (χ4v) is 4.63. The van der Waals surface area contributed by atoms with Crippen molar-refractivity contribution in [1.82, 2.24) is 15.3 Å². The third-order valence-corrected chi connectivity index (χ3v) is 6.17. The second-order valence-corrected chi connectivity index (χ2v) is 8.21. The third kappa shape index (κ3) is 4.39. The van der Waals surface area contributed by atoms with Gasteiger partial charge in [-0.25, -0.2) is 0 Å². The van der Waals surface area contributed by atoms with Crippen LogP contribution in [0.5, 0.6) is 0 Å². The number of nitrogens with zero attached hydrogens (tertiary/aromatic N) is 1. The number of rotatable bonds is 6. The Bertz CT molecular complexity index is 931. The molecule has 2 heterocycles. The SMILES string of the molecule is O=C(C[C@H](c1c[nH]c2ccc(Cl)cc12)C1CCCCC1)NCc1ccncc1. The van der Waals surface area contributed by atoms with E-state index in [1.54, 1.807) is 12.4 Å². The van der Waals surface area contributed by atoms with Crippen molar-refractivity contribution in [1.29, 1.82) is 0 Å². The van der Waals surface area contributed by atoms with Crippen molar-refractivity contribution >= 4 is 28.4 Å². The zero-order valence-electron chi connectivity index (χ0n) is 16.0. The molecule has 0 unspecified atom stereocenters. The highest BCUT2D eigenvalue weighted by atomic mass is 35.5. The molecule has 0 saturated heterocycles. The third-order valence-electron chi connectivity index (χ3n) is 5.94. The lowest BCUT2D eigenvalue weighted by Gasteiger charge is -2.30. The molecule has 1 aromatic carbocycles. The van der Waals surface area contributed by atoms with Crippen molar-refractivity contribution in [3.8, 4) is 0 Å². The Labute approximate surface area is 170 Å². The number of pyridine rings is 1. The maximum absolute atomic E-state index is 12.8. The second-order valence-electron chi connectivity index (χ2n) is 7.77. The van der Waals surface area contributed by atoms with Crippen molar-refractivity contribution in [3.05, 3.63) is 65.1 Å². The van der Waals surface area contributed by atoms with E-state index >= 15 is 0 Å². The Morgan fingerprint density at radius 3 is 2.75 bits per heavy atom. The highest BCUT2D eigenvalue weighted by Crippen LogP contribution is 2.41. The van der Waals surface area contributed by atoms with Gasteiger partial charge >= 0.3 is 0 Å². The van der Waals surface area contributed by atoms with E-state index in [9.17, 15) is 4.79 Å². The number of aromatic amines is 1. The molecule has 5 heteroatoms. The second kappa shape index (κ2) is 8.78. The molecule has 0 spiro atoms. The molecule has 0 bridgehead atoms. The first-order chi connectivity index (χ1) is 13.7. The molecule has 1 saturated carbocycles. The van der Waals surface area contributed by atoms with Crippen molar-refractivity contribution in [2.75, 3.05) is 0 Å². The monoisotopic (exact) mass is 395 g/mol. The average molecular weight is 396 g/mol. The van der Waals surface area contributed by atoms with Gasteiger partial charge in [0.2, 0.25) is 5.91 Å². The van der Waals surface area contributed by atoms with E-state index in [2.05, 4.69) is 21.5 Å². The van der Waals surface area contributed by atoms with Gasteiger partial charge in [-0.3, -0.25) is 9.78 Å². The quantitative estimate of drug-likeness (QED) is 0.571. The zero-order valence-corrected chi connectivity index (χ0v) is 16.7. The number of benzene rings is 1. The predicted molar refractivity (Wildman–Crippen MR) is 113 cm³/mol. The molecule has 0 radical (unpaired) electrons. The first kappa shape index (κ1) is 19.0. The van der Waals surface area contributed by atoms with E-state index in [0.29, 0.717) is 18.9 Å². The molecule has 146 valence electrons. The van der Waals surface area contributed by atoms with Crippen LogP contribution < -0.4 is 5.32 Å². The minimum absolute atomic E-state index is 0.101. The number of fused-ring (bicyclic) bond motifs is 1. The topological polar surface area (TPSA) is 57.8 Å². The number of carbonyl (C=O) groups excluding carboxylic acids is 1. The van der Waals surface area contributed by atoms with Crippen LogP contribution in [-0.4, -0.2) is 15.9 Å². The summed E-state index contributed by atoms with van der Waals surface area (Å²) in [5.41, 5.74) is 3.37. The van der Waals surface area contributed by atoms with E-state index in [-0.39, 0.29) is 11.8 Å². The molecule has 2 aromatic heterocycles. The number of aromatic nitrogens is 2. The summed E-state index contributed by atoms with van der Waals surface area (Å²) < 4.78 is 0. The molecule has 2 N–H and O–H groups in total. The molecular weight excluding hydrogens is 370 g/mol. The van der Waals surface area contributed by atoms with Gasteiger partial charge < -0.3 is 10.3 Å². The van der Waals surface area contributed by atoms with Crippen LogP contribution in [0.3, 0.4) is 0 Å². The van der Waals surface area contributed by atoms with Crippen LogP contribution in [-0.2, 0) is 11.3 Å². The Hall–Kier alpha value is -2.33. The molecule has 1 fully saturated rings. The van der Waals surface area contributed by atoms with Crippen molar-refractivity contribution < 1.29 is 4.79 Å². The van der Waals surface area contributed by atoms with E-state index in [0.717, 1.165) is 21.5 Å². The number of H-pyrrole nitrogens is 1. The lowest BCUT2D eigenvalue weighted by molar-refractivity contribution is -0.122. The van der Waals surface area contributed by atoms with E-state index in [1.807, 2.05) is 30.3 Å². The highest BCUT2D eigenvalue weighted by Gasteiger charge is 2.29. The fourth-order valence-electron chi connectivity index (χ4n) is 4.46. The molecule has 1 amide bonds. The Balaban J connectivity index is 1.54. The van der Waals surface area contributed by atoms with Gasteiger partial charge in [0.1, 0.15) is 0 Å². The first-order valence-corrected chi connectivity index (χ1v) is 10.5. The first-order valence-electron chi connectivity index (χ1n) is 10.1. The maximum atomic E-state index is 12.8. The molecule has 1 aliphatic rings. The smallest absolute Gasteiger partial charge is 0.220 e. The summed E-state index contributed by atoms with van der Waals surface area (Å²) in [5.74, 6) is 0.854. The van der Waals surface area contributed by atoms with E-state index in [4.69, 9.17) is 11.6 Å². The minimum atomic E-state index is 0.101. The molecule has 0 aliphatic heterocycles. The Morgan fingerprint density at radius 2 is 1.96 bits per heavy atom. The van der Waals surface area contributed by atoms with Gasteiger partial charge in [-0.2, -0.15) is 0 Å². The molecule has 3 aromatic rings. The van der Waals surface area contributed by atoms with Gasteiger partial charge in [-0.1, -0.05) is 30.9 Å². The Kier molecular flexibility index (Phi) is 5.96. The van der Waals surface area contributed by atoms with Gasteiger partial charge in [0.15, 0.2) is 0 Å². The molecule has 1 atom stereocenters. The lowest BCUT2D eigenvalue weighted by Crippen LogP contribution is -2.27. The van der Waals surface area contributed by atoms with Gasteiger partial charge in [0, 0.05) is 47.5 Å². The molecule has 1 aliphatic carbocycles. The zero-order chi connectivity index (χ0) is 19.3. The van der Waals surface area contributed by atoms with Crippen LogP contribution in [0.25, 0.3) is 10.9 Å². The fraction of sp³-hybridized carbons (Fsp3) is 0.391. The predicted octanol–water partition coefficient (Wildman–Crippen LogP) is 5.59. The standard InChI is InChI=1S/C23H26ClN3O/c24-18-6-7-22-20(12-18)21(15-26-22)19(17-4-2-1-3-5-17)13-23(28)27-14-16-8-10-25-11-9-16/h6-12,15,17,19,26H,1-5,13-14H2,(H,27,28)/t19-/m0/s1. The van der Waals surface area contributed by atoms with Gasteiger partial charge in [-0.05, 0) is 66.1 Å². The summed E-state index contributed by atoms with van der Waals surface area (Å²) >= 11 is 6.26. The van der Waals surface area contributed by atoms with Crippen molar-refractivity contribution in [2.24, 2.45) is 5.92 Å². The molecule has 4 nitrogen and oxygen atoms in total. The van der Waals surface area contributed by atoms with Crippen molar-refractivity contribution in [3.63, 3.8) is 0 Å². The number of hydrogen-bond acceptors (Lipinski definition) is 2. The van der Waals surface area contributed by atoms with Gasteiger partial charge in [-0.15, -0.1) is 0 Å². The maximum Gasteiger partial charge on any atom is 0.220 e. The van der Waals surface area contributed by atoms with E-state index in [1.165, 1.54) is 37.7 Å². The summed E-state index contributed by atoms with van der Waals surface area (Å²) in [6.45, 7) is 0.540. The Morgan fingerprint density at radius 1 is 1.18 bits per heavy atom. The normalized spacial score (nSPS) is 16.2. The average Bonchev–Trinajstić information content (AvgIpc) is 3.14. The summed E-state index contributed by atoms with van der Waals surface area (Å²) in [5, 5.41) is 4.96. The van der Waals surface area contributed by atoms with Crippen LogP contribution in [0.2, 0.25) is 5.02 Å². The van der Waals surface area contributed by atoms with Crippen LogP contribution in [0.15, 0.2) is 48.9 Å². The number of halogens is 1. The minimum Gasteiger partial charge on any atom is -0.361 e. The van der Waals surface area contributed by atoms with Gasteiger partial charge in [0.25, 0.3) is 0 Å². The van der Waals surface area contributed by atoms with E-state index < -0.39 is 0 Å². The van der Waals surface area contributed by atoms with Crippen LogP contribution in [0, 0.1) is 5.92 Å². The number of amides is 1. The summed E-state index contributed by atoms with van der Waals surface area (Å²) in [7, 11) is 0. The summed E-state index contributed by atoms with van der Waals surface area (Å²) in [4.78, 5) is 20.2.